The fourth-order valence-corrected chi connectivity index (χ4v) is 3.63. The van der Waals surface area contributed by atoms with Crippen molar-refractivity contribution >= 4 is 0 Å². The monoisotopic (exact) mass is 259 g/mol. The van der Waals surface area contributed by atoms with Crippen molar-refractivity contribution in [1.82, 2.24) is 4.90 Å². The van der Waals surface area contributed by atoms with Crippen molar-refractivity contribution in [1.29, 1.82) is 0 Å². The molecule has 1 N–H and O–H groups in total. The van der Waals surface area contributed by atoms with Crippen LogP contribution < -0.4 is 0 Å². The number of hydrogen-bond donors (Lipinski definition) is 1. The molecule has 1 aromatic carbocycles. The summed E-state index contributed by atoms with van der Waals surface area (Å²) < 4.78 is 0. The van der Waals surface area contributed by atoms with Crippen LogP contribution in [-0.4, -0.2) is 29.6 Å². The Bertz CT molecular complexity index is 458. The highest BCUT2D eigenvalue weighted by molar-refractivity contribution is 5.35. The molecule has 5 atom stereocenters. The first-order valence-electron chi connectivity index (χ1n) is 7.55. The topological polar surface area (TPSA) is 23.5 Å². The smallest absolute Gasteiger partial charge is 0.0948 e. The van der Waals surface area contributed by atoms with Gasteiger partial charge < -0.3 is 10.0 Å². The molecule has 0 radical (unpaired) electrons. The van der Waals surface area contributed by atoms with Gasteiger partial charge in [-0.1, -0.05) is 38.1 Å². The van der Waals surface area contributed by atoms with Crippen molar-refractivity contribution in [3.05, 3.63) is 35.4 Å². The van der Waals surface area contributed by atoms with E-state index in [9.17, 15) is 5.11 Å². The molecule has 2 nitrogen and oxygen atoms in total. The van der Waals surface area contributed by atoms with Crippen LogP contribution in [0.25, 0.3) is 0 Å². The summed E-state index contributed by atoms with van der Waals surface area (Å²) in [6.07, 6.45) is 2.10. The minimum absolute atomic E-state index is 0.276. The lowest BCUT2D eigenvalue weighted by Gasteiger charge is -2.39. The summed E-state index contributed by atoms with van der Waals surface area (Å²) in [5.74, 6) is 2.28. The first kappa shape index (κ1) is 13.1. The molecule has 2 heteroatoms. The van der Waals surface area contributed by atoms with Gasteiger partial charge in [-0.3, -0.25) is 0 Å². The molecule has 0 bridgehead atoms. The van der Waals surface area contributed by atoms with Crippen molar-refractivity contribution in [3.8, 4) is 0 Å². The molecule has 0 spiro atoms. The molecule has 3 rings (SSSR count). The number of rotatable bonds is 3. The summed E-state index contributed by atoms with van der Waals surface area (Å²) in [7, 11) is 2.18. The van der Waals surface area contributed by atoms with Crippen molar-refractivity contribution < 1.29 is 5.11 Å². The predicted molar refractivity (Wildman–Crippen MR) is 78.1 cm³/mol. The molecule has 2 aliphatic rings. The Kier molecular flexibility index (Phi) is 3.40. The highest BCUT2D eigenvalue weighted by Gasteiger charge is 2.38. The fourth-order valence-electron chi connectivity index (χ4n) is 3.63. The lowest BCUT2D eigenvalue weighted by Crippen LogP contribution is -2.41. The fraction of sp³-hybridized carbons (Fsp3) is 0.647. The van der Waals surface area contributed by atoms with E-state index in [2.05, 4.69) is 44.0 Å². The molecule has 0 amide bonds. The third-order valence-corrected chi connectivity index (χ3v) is 5.17. The molecule has 104 valence electrons. The van der Waals surface area contributed by atoms with Crippen LogP contribution in [0, 0.1) is 11.8 Å². The normalized spacial score (nSPS) is 37.2. The predicted octanol–water partition coefficient (Wildman–Crippen LogP) is 3.18. The number of likely N-dealkylation sites (N-methyl/N-ethyl adjacent to an activating group) is 1. The molecule has 0 aromatic heterocycles. The number of fused-ring (bicyclic) bond motifs is 1. The van der Waals surface area contributed by atoms with Gasteiger partial charge >= 0.3 is 0 Å². The van der Waals surface area contributed by atoms with Crippen LogP contribution in [-0.2, 0) is 0 Å². The van der Waals surface area contributed by atoms with E-state index in [4.69, 9.17) is 0 Å². The van der Waals surface area contributed by atoms with Gasteiger partial charge in [-0.15, -0.1) is 0 Å². The van der Waals surface area contributed by atoms with E-state index in [-0.39, 0.29) is 12.1 Å². The lowest BCUT2D eigenvalue weighted by molar-refractivity contribution is 0.0421. The first-order valence-corrected chi connectivity index (χ1v) is 7.55. The van der Waals surface area contributed by atoms with Gasteiger partial charge in [0.05, 0.1) is 6.10 Å². The second kappa shape index (κ2) is 4.92. The molecule has 0 heterocycles. The van der Waals surface area contributed by atoms with Crippen molar-refractivity contribution in [2.75, 3.05) is 13.6 Å². The van der Waals surface area contributed by atoms with Gasteiger partial charge in [0.1, 0.15) is 0 Å². The Morgan fingerprint density at radius 2 is 1.79 bits per heavy atom. The van der Waals surface area contributed by atoms with Gasteiger partial charge in [0.25, 0.3) is 0 Å². The maximum Gasteiger partial charge on any atom is 0.0948 e. The lowest BCUT2D eigenvalue weighted by atomic mass is 9.79. The minimum atomic E-state index is -0.327. The summed E-state index contributed by atoms with van der Waals surface area (Å²) >= 11 is 0. The Morgan fingerprint density at radius 3 is 2.42 bits per heavy atom. The van der Waals surface area contributed by atoms with Gasteiger partial charge in [-0.25, -0.2) is 0 Å². The maximum absolute atomic E-state index is 10.7. The molecule has 1 aromatic rings. The number of hydrogen-bond acceptors (Lipinski definition) is 2. The van der Waals surface area contributed by atoms with E-state index in [1.165, 1.54) is 12.0 Å². The summed E-state index contributed by atoms with van der Waals surface area (Å²) in [6, 6.07) is 8.66. The minimum Gasteiger partial charge on any atom is -0.387 e. The van der Waals surface area contributed by atoms with Crippen LogP contribution >= 0.6 is 0 Å². The van der Waals surface area contributed by atoms with Gasteiger partial charge in [-0.05, 0) is 48.8 Å². The number of aliphatic hydroxyl groups excluding tert-OH is 1. The van der Waals surface area contributed by atoms with Gasteiger partial charge in [-0.2, -0.15) is 0 Å². The van der Waals surface area contributed by atoms with E-state index >= 15 is 0 Å². The standard InChI is InChI=1S/C17H25NO/c1-11-8-13(11)10-18(3)16-9-12(2)14-6-4-5-7-15(14)17(16)19/h4-7,11-13,16-17,19H,8-10H2,1-3H3. The Hall–Kier alpha value is -0.860. The van der Waals surface area contributed by atoms with E-state index in [0.717, 1.165) is 30.4 Å². The Balaban J connectivity index is 1.77. The Labute approximate surface area is 116 Å². The highest BCUT2D eigenvalue weighted by Crippen LogP contribution is 2.42. The number of benzene rings is 1. The van der Waals surface area contributed by atoms with E-state index in [0.29, 0.717) is 5.92 Å². The van der Waals surface area contributed by atoms with Gasteiger partial charge in [0.15, 0.2) is 0 Å². The van der Waals surface area contributed by atoms with Crippen LogP contribution in [0.5, 0.6) is 0 Å². The third kappa shape index (κ3) is 2.44. The summed E-state index contributed by atoms with van der Waals surface area (Å²) in [5, 5.41) is 10.7. The largest absolute Gasteiger partial charge is 0.387 e. The maximum atomic E-state index is 10.7. The Morgan fingerprint density at radius 1 is 1.16 bits per heavy atom. The van der Waals surface area contributed by atoms with Gasteiger partial charge in [0, 0.05) is 12.6 Å². The first-order chi connectivity index (χ1) is 9.08. The number of aliphatic hydroxyl groups is 1. The quantitative estimate of drug-likeness (QED) is 0.901. The van der Waals surface area contributed by atoms with Gasteiger partial charge in [0.2, 0.25) is 0 Å². The molecule has 0 saturated heterocycles. The molecular weight excluding hydrogens is 234 g/mol. The van der Waals surface area contributed by atoms with Crippen molar-refractivity contribution in [2.45, 2.75) is 44.8 Å². The molecule has 19 heavy (non-hydrogen) atoms. The number of nitrogens with zero attached hydrogens (tertiary/aromatic N) is 1. The van der Waals surface area contributed by atoms with Crippen molar-refractivity contribution in [3.63, 3.8) is 0 Å². The molecule has 1 fully saturated rings. The zero-order valence-electron chi connectivity index (χ0n) is 12.2. The van der Waals surface area contributed by atoms with Crippen LogP contribution in [0.3, 0.4) is 0 Å². The van der Waals surface area contributed by atoms with Crippen LogP contribution in [0.4, 0.5) is 0 Å². The van der Waals surface area contributed by atoms with Crippen molar-refractivity contribution in [2.24, 2.45) is 11.8 Å². The zero-order valence-corrected chi connectivity index (χ0v) is 12.2. The van der Waals surface area contributed by atoms with E-state index < -0.39 is 0 Å². The third-order valence-electron chi connectivity index (χ3n) is 5.17. The zero-order chi connectivity index (χ0) is 13.6. The van der Waals surface area contributed by atoms with Crippen LogP contribution in [0.2, 0.25) is 0 Å². The molecule has 2 aliphatic carbocycles. The summed E-state index contributed by atoms with van der Waals surface area (Å²) in [5.41, 5.74) is 2.47. The molecule has 0 aliphatic heterocycles. The average molecular weight is 259 g/mol. The van der Waals surface area contributed by atoms with Crippen LogP contribution in [0.1, 0.15) is 49.8 Å². The summed E-state index contributed by atoms with van der Waals surface area (Å²) in [4.78, 5) is 2.39. The highest BCUT2D eigenvalue weighted by atomic mass is 16.3. The molecule has 1 saturated carbocycles. The van der Waals surface area contributed by atoms with E-state index in [1.54, 1.807) is 0 Å². The summed E-state index contributed by atoms with van der Waals surface area (Å²) in [6.45, 7) is 5.75. The van der Waals surface area contributed by atoms with E-state index in [1.807, 2.05) is 6.07 Å². The molecule has 5 unspecified atom stereocenters. The molecular formula is C17H25NO. The second-order valence-electron chi connectivity index (χ2n) is 6.69. The average Bonchev–Trinajstić information content (AvgIpc) is 3.09. The second-order valence-corrected chi connectivity index (χ2v) is 6.69. The van der Waals surface area contributed by atoms with Crippen LogP contribution in [0.15, 0.2) is 24.3 Å². The SMILES string of the molecule is CC1CC(N(C)CC2CC2C)C(O)c2ccccc21.